The number of likely N-dealkylation sites (N-methyl/N-ethyl adjacent to an activating group) is 1. The van der Waals surface area contributed by atoms with E-state index in [2.05, 4.69) is 0 Å². The highest BCUT2D eigenvalue weighted by Crippen LogP contribution is 2.45. The number of rotatable bonds is 2. The molecule has 1 saturated heterocycles. The van der Waals surface area contributed by atoms with Gasteiger partial charge in [0, 0.05) is 12.1 Å². The molecule has 0 atom stereocenters. The number of thiocarbonyl (C=S) groups is 1. The summed E-state index contributed by atoms with van der Waals surface area (Å²) in [5, 5.41) is 0. The molecule has 1 fully saturated rings. The maximum absolute atomic E-state index is 13.3. The van der Waals surface area contributed by atoms with Crippen LogP contribution in [-0.4, -0.2) is 22.7 Å². The number of nitrogens with zero attached hydrogens (tertiary/aromatic N) is 2. The van der Waals surface area contributed by atoms with Gasteiger partial charge >= 0.3 is 0 Å². The number of aryl methyl sites for hydroxylation is 2. The van der Waals surface area contributed by atoms with E-state index in [9.17, 15) is 9.59 Å². The van der Waals surface area contributed by atoms with Gasteiger partial charge in [0.05, 0.1) is 21.9 Å². The minimum atomic E-state index is -0.229. The average molecular weight is 395 g/mol. The Labute approximate surface area is 167 Å². The molecule has 6 heteroatoms. The summed E-state index contributed by atoms with van der Waals surface area (Å²) in [6.07, 6.45) is 0. The van der Waals surface area contributed by atoms with Crippen LogP contribution in [0, 0.1) is 13.8 Å². The molecule has 0 saturated carbocycles. The first-order valence-corrected chi connectivity index (χ1v) is 9.95. The van der Waals surface area contributed by atoms with Crippen LogP contribution in [0.2, 0.25) is 0 Å². The van der Waals surface area contributed by atoms with Gasteiger partial charge in [-0.25, -0.2) is 0 Å². The van der Waals surface area contributed by atoms with Crippen LogP contribution >= 0.6 is 24.0 Å². The van der Waals surface area contributed by atoms with E-state index in [1.165, 1.54) is 11.8 Å². The smallest absolute Gasteiger partial charge is 0.271 e. The monoisotopic (exact) mass is 394 g/mol. The fourth-order valence-corrected chi connectivity index (χ4v) is 4.95. The summed E-state index contributed by atoms with van der Waals surface area (Å²) in [7, 11) is 0. The van der Waals surface area contributed by atoms with Crippen molar-refractivity contribution in [3.8, 4) is 0 Å². The molecular weight excluding hydrogens is 376 g/mol. The molecule has 0 bridgehead atoms. The van der Waals surface area contributed by atoms with Gasteiger partial charge in [0.15, 0.2) is 4.32 Å². The summed E-state index contributed by atoms with van der Waals surface area (Å²) in [4.78, 5) is 30.0. The van der Waals surface area contributed by atoms with Gasteiger partial charge in [0.2, 0.25) is 0 Å². The fraction of sp³-hybridized carbons (Fsp3) is 0.190. The van der Waals surface area contributed by atoms with Crippen molar-refractivity contribution in [3.05, 3.63) is 64.1 Å². The molecule has 0 aromatic heterocycles. The third kappa shape index (κ3) is 2.71. The van der Waals surface area contributed by atoms with Gasteiger partial charge in [0.1, 0.15) is 0 Å². The van der Waals surface area contributed by atoms with Crippen molar-refractivity contribution in [1.29, 1.82) is 0 Å². The number of carbonyl (C=O) groups excluding carboxylic acids is 2. The number of para-hydroxylation sites is 1. The third-order valence-corrected chi connectivity index (χ3v) is 6.20. The Morgan fingerprint density at radius 1 is 1.00 bits per heavy atom. The highest BCUT2D eigenvalue weighted by molar-refractivity contribution is 8.27. The van der Waals surface area contributed by atoms with Crippen molar-refractivity contribution in [1.82, 2.24) is 0 Å². The Kier molecular flexibility index (Phi) is 4.40. The lowest BCUT2D eigenvalue weighted by molar-refractivity contribution is -0.115. The van der Waals surface area contributed by atoms with E-state index in [1.807, 2.05) is 63.2 Å². The van der Waals surface area contributed by atoms with Gasteiger partial charge < -0.3 is 4.90 Å². The minimum Gasteiger partial charge on any atom is -0.308 e. The Hall–Kier alpha value is -2.44. The predicted molar refractivity (Wildman–Crippen MR) is 115 cm³/mol. The first kappa shape index (κ1) is 17.9. The first-order chi connectivity index (χ1) is 12.9. The number of fused-ring (bicyclic) bond motifs is 1. The summed E-state index contributed by atoms with van der Waals surface area (Å²) >= 11 is 6.72. The van der Waals surface area contributed by atoms with Crippen LogP contribution in [-0.2, 0) is 9.59 Å². The minimum absolute atomic E-state index is 0.139. The van der Waals surface area contributed by atoms with E-state index in [-0.39, 0.29) is 11.8 Å². The van der Waals surface area contributed by atoms with Crippen molar-refractivity contribution < 1.29 is 9.59 Å². The molecule has 2 amide bonds. The zero-order valence-corrected chi connectivity index (χ0v) is 16.9. The van der Waals surface area contributed by atoms with E-state index >= 15 is 0 Å². The van der Waals surface area contributed by atoms with Crippen LogP contribution in [0.25, 0.3) is 5.57 Å². The van der Waals surface area contributed by atoms with E-state index in [4.69, 9.17) is 12.2 Å². The molecular formula is C21H18N2O2S2. The number of benzene rings is 2. The number of hydrogen-bond acceptors (Lipinski definition) is 4. The number of anilines is 2. The third-order valence-electron chi connectivity index (χ3n) is 4.83. The van der Waals surface area contributed by atoms with Gasteiger partial charge in [-0.2, -0.15) is 0 Å². The van der Waals surface area contributed by atoms with E-state index < -0.39 is 0 Å². The maximum atomic E-state index is 13.3. The molecule has 0 aliphatic carbocycles. The predicted octanol–water partition coefficient (Wildman–Crippen LogP) is 4.45. The molecule has 0 unspecified atom stereocenters. The second kappa shape index (κ2) is 6.62. The second-order valence-electron chi connectivity index (χ2n) is 6.57. The van der Waals surface area contributed by atoms with Gasteiger partial charge in [-0.05, 0) is 38.5 Å². The number of thioether (sulfide) groups is 1. The Morgan fingerprint density at radius 2 is 1.74 bits per heavy atom. The Morgan fingerprint density at radius 3 is 2.44 bits per heavy atom. The Bertz CT molecular complexity index is 1040. The quantitative estimate of drug-likeness (QED) is 0.558. The van der Waals surface area contributed by atoms with Crippen molar-refractivity contribution in [2.24, 2.45) is 0 Å². The van der Waals surface area contributed by atoms with E-state index in [1.54, 1.807) is 9.80 Å². The molecule has 2 aliphatic rings. The average Bonchev–Trinajstić information content (AvgIpc) is 3.08. The molecule has 27 heavy (non-hydrogen) atoms. The molecule has 0 radical (unpaired) electrons. The lowest BCUT2D eigenvalue weighted by Crippen LogP contribution is -2.29. The maximum Gasteiger partial charge on any atom is 0.271 e. The standard InChI is InChI=1S/C21H18N2O2S2/c1-4-22-16-8-6-5-7-14(16)17(19(22)24)18-20(25)23(21(26)27-18)15-10-9-12(2)11-13(15)3/h5-11H,4H2,1-3H3. The highest BCUT2D eigenvalue weighted by Gasteiger charge is 2.42. The molecule has 2 aromatic rings. The van der Waals surface area contributed by atoms with Crippen molar-refractivity contribution in [2.45, 2.75) is 20.8 Å². The molecule has 0 spiro atoms. The van der Waals surface area contributed by atoms with Crippen LogP contribution in [0.4, 0.5) is 11.4 Å². The Balaban J connectivity index is 1.85. The van der Waals surface area contributed by atoms with Crippen LogP contribution < -0.4 is 9.80 Å². The first-order valence-electron chi connectivity index (χ1n) is 8.73. The largest absolute Gasteiger partial charge is 0.308 e. The summed E-state index contributed by atoms with van der Waals surface area (Å²) in [5.41, 5.74) is 4.97. The van der Waals surface area contributed by atoms with Crippen molar-refractivity contribution >= 4 is 57.1 Å². The van der Waals surface area contributed by atoms with E-state index in [0.717, 1.165) is 28.1 Å². The number of carbonyl (C=O) groups is 2. The molecule has 0 N–H and O–H groups in total. The summed E-state index contributed by atoms with van der Waals surface area (Å²) in [6.45, 7) is 6.45. The number of hydrogen-bond donors (Lipinski definition) is 0. The van der Waals surface area contributed by atoms with Gasteiger partial charge in [-0.3, -0.25) is 14.5 Å². The highest BCUT2D eigenvalue weighted by atomic mass is 32.2. The van der Waals surface area contributed by atoms with Crippen LogP contribution in [0.3, 0.4) is 0 Å². The van der Waals surface area contributed by atoms with Crippen LogP contribution in [0.15, 0.2) is 47.4 Å². The molecule has 136 valence electrons. The fourth-order valence-electron chi connectivity index (χ4n) is 3.60. The summed E-state index contributed by atoms with van der Waals surface area (Å²) in [6, 6.07) is 13.5. The van der Waals surface area contributed by atoms with Gasteiger partial charge in [-0.1, -0.05) is 59.9 Å². The molecule has 2 aliphatic heterocycles. The van der Waals surface area contributed by atoms with E-state index in [0.29, 0.717) is 21.3 Å². The topological polar surface area (TPSA) is 40.6 Å². The molecule has 4 rings (SSSR count). The normalized spacial score (nSPS) is 19.3. The van der Waals surface area contributed by atoms with Crippen LogP contribution in [0.1, 0.15) is 23.6 Å². The zero-order valence-electron chi connectivity index (χ0n) is 15.3. The lowest BCUT2D eigenvalue weighted by atomic mass is 10.1. The molecule has 4 nitrogen and oxygen atoms in total. The number of amides is 2. The van der Waals surface area contributed by atoms with Gasteiger partial charge in [0.25, 0.3) is 11.8 Å². The SMILES string of the molecule is CCN1C(=O)C(=C2SC(=S)N(c3ccc(C)cc3C)C2=O)c2ccccc21. The van der Waals surface area contributed by atoms with Gasteiger partial charge in [-0.15, -0.1) is 0 Å². The van der Waals surface area contributed by atoms with Crippen molar-refractivity contribution in [2.75, 3.05) is 16.3 Å². The lowest BCUT2D eigenvalue weighted by Gasteiger charge is -2.17. The summed E-state index contributed by atoms with van der Waals surface area (Å²) < 4.78 is 0.453. The summed E-state index contributed by atoms with van der Waals surface area (Å²) in [5.74, 6) is -0.368. The second-order valence-corrected chi connectivity index (χ2v) is 8.21. The molecule has 2 heterocycles. The van der Waals surface area contributed by atoms with Crippen molar-refractivity contribution in [3.63, 3.8) is 0 Å². The molecule has 2 aromatic carbocycles. The zero-order chi connectivity index (χ0) is 19.3. The van der Waals surface area contributed by atoms with Crippen LogP contribution in [0.5, 0.6) is 0 Å².